The Labute approximate surface area is 104 Å². The highest BCUT2D eigenvalue weighted by Crippen LogP contribution is 2.25. The van der Waals surface area contributed by atoms with Gasteiger partial charge in [-0.3, -0.25) is 0 Å². The van der Waals surface area contributed by atoms with E-state index in [0.29, 0.717) is 10.7 Å². The lowest BCUT2D eigenvalue weighted by Gasteiger charge is -2.26. The molecule has 1 aliphatic rings. The Morgan fingerprint density at radius 2 is 2.38 bits per heavy atom. The van der Waals surface area contributed by atoms with Crippen molar-refractivity contribution >= 4 is 15.9 Å². The third-order valence-corrected chi connectivity index (χ3v) is 4.10. The standard InChI is InChI=1S/C13H16BrFO/c14-13(11-4-2-6-16-9-11)8-10-3-1-5-12(15)7-10/h1,3,5,7,11,13H,2,4,6,8-9H2. The Balaban J connectivity index is 1.93. The third-order valence-electron chi connectivity index (χ3n) is 3.03. The first kappa shape index (κ1) is 12.1. The molecule has 2 atom stereocenters. The summed E-state index contributed by atoms with van der Waals surface area (Å²) >= 11 is 3.70. The number of rotatable bonds is 3. The summed E-state index contributed by atoms with van der Waals surface area (Å²) in [7, 11) is 0. The van der Waals surface area contributed by atoms with Crippen molar-refractivity contribution < 1.29 is 9.13 Å². The molecule has 0 N–H and O–H groups in total. The average Bonchev–Trinajstić information content (AvgIpc) is 2.30. The normalized spacial score (nSPS) is 23.0. The van der Waals surface area contributed by atoms with Crippen LogP contribution < -0.4 is 0 Å². The smallest absolute Gasteiger partial charge is 0.123 e. The fraction of sp³-hybridized carbons (Fsp3) is 0.538. The molecular weight excluding hydrogens is 271 g/mol. The highest BCUT2D eigenvalue weighted by atomic mass is 79.9. The molecule has 2 unspecified atom stereocenters. The van der Waals surface area contributed by atoms with E-state index in [9.17, 15) is 4.39 Å². The van der Waals surface area contributed by atoms with Gasteiger partial charge in [0.05, 0.1) is 6.61 Å². The molecule has 0 spiro atoms. The molecule has 1 fully saturated rings. The van der Waals surface area contributed by atoms with Gasteiger partial charge in [0, 0.05) is 11.4 Å². The van der Waals surface area contributed by atoms with Crippen LogP contribution in [0.2, 0.25) is 0 Å². The number of alkyl halides is 1. The highest BCUT2D eigenvalue weighted by Gasteiger charge is 2.22. The lowest BCUT2D eigenvalue weighted by Crippen LogP contribution is -2.26. The van der Waals surface area contributed by atoms with E-state index >= 15 is 0 Å². The van der Waals surface area contributed by atoms with Gasteiger partial charge in [-0.2, -0.15) is 0 Å². The van der Waals surface area contributed by atoms with Crippen LogP contribution in [0.15, 0.2) is 24.3 Å². The summed E-state index contributed by atoms with van der Waals surface area (Å²) in [6.07, 6.45) is 3.20. The van der Waals surface area contributed by atoms with Crippen LogP contribution in [-0.2, 0) is 11.2 Å². The van der Waals surface area contributed by atoms with Gasteiger partial charge in [0.2, 0.25) is 0 Å². The zero-order valence-corrected chi connectivity index (χ0v) is 10.7. The zero-order chi connectivity index (χ0) is 11.4. The predicted molar refractivity (Wildman–Crippen MR) is 66.4 cm³/mol. The van der Waals surface area contributed by atoms with Gasteiger partial charge in [0.1, 0.15) is 5.82 Å². The molecule has 1 heterocycles. The largest absolute Gasteiger partial charge is 0.381 e. The number of ether oxygens (including phenoxy) is 1. The fourth-order valence-corrected chi connectivity index (χ4v) is 2.90. The van der Waals surface area contributed by atoms with E-state index in [4.69, 9.17) is 4.74 Å². The minimum atomic E-state index is -0.155. The molecule has 88 valence electrons. The second-order valence-electron chi connectivity index (χ2n) is 4.33. The van der Waals surface area contributed by atoms with E-state index in [-0.39, 0.29) is 5.82 Å². The van der Waals surface area contributed by atoms with Crippen molar-refractivity contribution in [1.29, 1.82) is 0 Å². The minimum Gasteiger partial charge on any atom is -0.381 e. The Bertz CT molecular complexity index is 336. The quantitative estimate of drug-likeness (QED) is 0.772. The molecule has 0 bridgehead atoms. The van der Waals surface area contributed by atoms with E-state index < -0.39 is 0 Å². The molecule has 1 aromatic carbocycles. The van der Waals surface area contributed by atoms with Crippen molar-refractivity contribution in [3.63, 3.8) is 0 Å². The van der Waals surface area contributed by atoms with Crippen LogP contribution in [0.25, 0.3) is 0 Å². The fourth-order valence-electron chi connectivity index (χ4n) is 2.11. The minimum absolute atomic E-state index is 0.155. The molecular formula is C13H16BrFO. The monoisotopic (exact) mass is 286 g/mol. The number of halogens is 2. The van der Waals surface area contributed by atoms with E-state index in [2.05, 4.69) is 15.9 Å². The maximum Gasteiger partial charge on any atom is 0.123 e. The molecule has 1 nitrogen and oxygen atoms in total. The molecule has 2 rings (SSSR count). The van der Waals surface area contributed by atoms with Crippen molar-refractivity contribution in [3.05, 3.63) is 35.6 Å². The lowest BCUT2D eigenvalue weighted by molar-refractivity contribution is 0.0547. The van der Waals surface area contributed by atoms with E-state index in [0.717, 1.165) is 31.6 Å². The SMILES string of the molecule is Fc1cccc(CC(Br)C2CCCOC2)c1. The van der Waals surface area contributed by atoms with Crippen LogP contribution in [0.4, 0.5) is 4.39 Å². The van der Waals surface area contributed by atoms with Crippen molar-refractivity contribution in [2.75, 3.05) is 13.2 Å². The first-order valence-electron chi connectivity index (χ1n) is 5.72. The highest BCUT2D eigenvalue weighted by molar-refractivity contribution is 9.09. The molecule has 1 saturated heterocycles. The Kier molecular flexibility index (Phi) is 4.36. The number of hydrogen-bond donors (Lipinski definition) is 0. The van der Waals surface area contributed by atoms with Gasteiger partial charge >= 0.3 is 0 Å². The second-order valence-corrected chi connectivity index (χ2v) is 5.50. The number of hydrogen-bond acceptors (Lipinski definition) is 1. The summed E-state index contributed by atoms with van der Waals surface area (Å²) in [5.41, 5.74) is 1.05. The first-order chi connectivity index (χ1) is 7.75. The summed E-state index contributed by atoms with van der Waals surface area (Å²) in [6, 6.07) is 6.83. The molecule has 0 saturated carbocycles. The molecule has 16 heavy (non-hydrogen) atoms. The molecule has 0 radical (unpaired) electrons. The summed E-state index contributed by atoms with van der Waals surface area (Å²) in [5, 5.41) is 0. The molecule has 1 aliphatic heterocycles. The second kappa shape index (κ2) is 5.78. The molecule has 0 amide bonds. The van der Waals surface area contributed by atoms with Gasteiger partial charge in [-0.25, -0.2) is 4.39 Å². The van der Waals surface area contributed by atoms with Crippen LogP contribution in [0.3, 0.4) is 0 Å². The summed E-state index contributed by atoms with van der Waals surface area (Å²) in [6.45, 7) is 1.71. The molecule has 0 aliphatic carbocycles. The van der Waals surface area contributed by atoms with Gasteiger partial charge in [0.15, 0.2) is 0 Å². The third kappa shape index (κ3) is 3.29. The molecule has 0 aromatic heterocycles. The average molecular weight is 287 g/mol. The summed E-state index contributed by atoms with van der Waals surface area (Å²) in [5.74, 6) is 0.397. The van der Waals surface area contributed by atoms with Gasteiger partial charge in [0.25, 0.3) is 0 Å². The van der Waals surface area contributed by atoms with Crippen molar-refractivity contribution in [1.82, 2.24) is 0 Å². The summed E-state index contributed by atoms with van der Waals surface area (Å²) < 4.78 is 18.5. The van der Waals surface area contributed by atoms with Gasteiger partial charge in [-0.1, -0.05) is 28.1 Å². The van der Waals surface area contributed by atoms with Crippen LogP contribution in [0, 0.1) is 11.7 Å². The maximum atomic E-state index is 13.0. The van der Waals surface area contributed by atoms with E-state index in [1.165, 1.54) is 12.5 Å². The Morgan fingerprint density at radius 3 is 3.06 bits per heavy atom. The Hall–Kier alpha value is -0.410. The topological polar surface area (TPSA) is 9.23 Å². The van der Waals surface area contributed by atoms with Crippen molar-refractivity contribution in [2.24, 2.45) is 5.92 Å². The van der Waals surface area contributed by atoms with E-state index in [1.807, 2.05) is 6.07 Å². The maximum absolute atomic E-state index is 13.0. The zero-order valence-electron chi connectivity index (χ0n) is 9.16. The van der Waals surface area contributed by atoms with Gasteiger partial charge in [-0.15, -0.1) is 0 Å². The van der Waals surface area contributed by atoms with Crippen LogP contribution in [0.1, 0.15) is 18.4 Å². The summed E-state index contributed by atoms with van der Waals surface area (Å²) in [4.78, 5) is 0.384. The van der Waals surface area contributed by atoms with Crippen LogP contribution in [0.5, 0.6) is 0 Å². The van der Waals surface area contributed by atoms with Gasteiger partial charge < -0.3 is 4.74 Å². The lowest BCUT2D eigenvalue weighted by atomic mass is 9.94. The molecule has 3 heteroatoms. The van der Waals surface area contributed by atoms with Crippen molar-refractivity contribution in [3.8, 4) is 0 Å². The molecule has 1 aromatic rings. The van der Waals surface area contributed by atoms with E-state index in [1.54, 1.807) is 12.1 Å². The van der Waals surface area contributed by atoms with Crippen LogP contribution in [-0.4, -0.2) is 18.0 Å². The number of benzene rings is 1. The van der Waals surface area contributed by atoms with Crippen LogP contribution >= 0.6 is 15.9 Å². The Morgan fingerprint density at radius 1 is 1.50 bits per heavy atom. The first-order valence-corrected chi connectivity index (χ1v) is 6.63. The van der Waals surface area contributed by atoms with Gasteiger partial charge in [-0.05, 0) is 42.9 Å². The predicted octanol–water partition coefficient (Wildman–Crippen LogP) is 3.56. The van der Waals surface area contributed by atoms with Crippen molar-refractivity contribution in [2.45, 2.75) is 24.1 Å².